The molecule has 1 aliphatic heterocycles. The summed E-state index contributed by atoms with van der Waals surface area (Å²) < 4.78 is 14.3. The van der Waals surface area contributed by atoms with Crippen LogP contribution in [0.1, 0.15) is 27.9 Å². The zero-order valence-corrected chi connectivity index (χ0v) is 16.9. The van der Waals surface area contributed by atoms with Crippen molar-refractivity contribution in [2.75, 3.05) is 6.54 Å². The second kappa shape index (κ2) is 9.09. The van der Waals surface area contributed by atoms with E-state index in [0.717, 1.165) is 16.8 Å². The van der Waals surface area contributed by atoms with Gasteiger partial charge in [-0.25, -0.2) is 4.39 Å². The molecule has 1 atom stereocenters. The number of nitrogens with zero attached hydrogens (tertiary/aromatic N) is 2. The predicted octanol–water partition coefficient (Wildman–Crippen LogP) is 5.31. The Morgan fingerprint density at radius 3 is 2.50 bits per heavy atom. The maximum Gasteiger partial charge on any atom is 0.257 e. The van der Waals surface area contributed by atoms with Gasteiger partial charge in [-0.05, 0) is 23.8 Å². The van der Waals surface area contributed by atoms with Crippen molar-refractivity contribution in [1.82, 2.24) is 4.90 Å². The van der Waals surface area contributed by atoms with Gasteiger partial charge in [-0.15, -0.1) is 0 Å². The number of halogens is 2. The average molecular weight is 423 g/mol. The van der Waals surface area contributed by atoms with E-state index in [2.05, 4.69) is 5.16 Å². The van der Waals surface area contributed by atoms with Crippen LogP contribution in [0.2, 0.25) is 5.02 Å². The normalized spacial score (nSPS) is 15.4. The van der Waals surface area contributed by atoms with Gasteiger partial charge in [-0.3, -0.25) is 4.79 Å². The Bertz CT molecular complexity index is 1070. The van der Waals surface area contributed by atoms with Crippen LogP contribution in [0.3, 0.4) is 0 Å². The van der Waals surface area contributed by atoms with Crippen LogP contribution in [0.5, 0.6) is 0 Å². The van der Waals surface area contributed by atoms with Crippen LogP contribution in [0.15, 0.2) is 84.0 Å². The van der Waals surface area contributed by atoms with Crippen LogP contribution in [0, 0.1) is 5.82 Å². The van der Waals surface area contributed by atoms with E-state index in [-0.39, 0.29) is 24.1 Å². The molecule has 0 saturated heterocycles. The smallest absolute Gasteiger partial charge is 0.257 e. The first kappa shape index (κ1) is 20.1. The first-order valence-corrected chi connectivity index (χ1v) is 10.0. The molecule has 4 rings (SSSR count). The summed E-state index contributed by atoms with van der Waals surface area (Å²) in [5, 5.41) is 4.78. The molecule has 0 unspecified atom stereocenters. The third-order valence-corrected chi connectivity index (χ3v) is 5.28. The SMILES string of the molecule is O=C(c1ccccc1F)N(Cc1ccccc1)C[C@@H]1CC(c2ccccc2Cl)=NO1. The molecule has 0 radical (unpaired) electrons. The summed E-state index contributed by atoms with van der Waals surface area (Å²) in [5.41, 5.74) is 2.55. The fourth-order valence-corrected chi connectivity index (χ4v) is 3.70. The molecule has 1 aliphatic rings. The van der Waals surface area contributed by atoms with Crippen molar-refractivity contribution in [3.63, 3.8) is 0 Å². The van der Waals surface area contributed by atoms with E-state index in [4.69, 9.17) is 16.4 Å². The van der Waals surface area contributed by atoms with Crippen molar-refractivity contribution in [2.24, 2.45) is 5.16 Å². The highest BCUT2D eigenvalue weighted by atomic mass is 35.5. The molecule has 30 heavy (non-hydrogen) atoms. The molecule has 0 saturated carbocycles. The van der Waals surface area contributed by atoms with Crippen LogP contribution < -0.4 is 0 Å². The summed E-state index contributed by atoms with van der Waals surface area (Å²) in [6.07, 6.45) is 0.176. The summed E-state index contributed by atoms with van der Waals surface area (Å²) in [4.78, 5) is 20.3. The molecular formula is C24H20ClFN2O2. The molecule has 3 aromatic rings. The van der Waals surface area contributed by atoms with Gasteiger partial charge >= 0.3 is 0 Å². The van der Waals surface area contributed by atoms with Gasteiger partial charge in [0.1, 0.15) is 5.82 Å². The summed E-state index contributed by atoms with van der Waals surface area (Å²) in [6, 6.07) is 23.0. The van der Waals surface area contributed by atoms with E-state index in [1.54, 1.807) is 23.1 Å². The quantitative estimate of drug-likeness (QED) is 0.540. The Labute approximate surface area is 179 Å². The van der Waals surface area contributed by atoms with Gasteiger partial charge in [-0.2, -0.15) is 0 Å². The third kappa shape index (κ3) is 4.52. The average Bonchev–Trinajstić information content (AvgIpc) is 3.22. The van der Waals surface area contributed by atoms with E-state index in [0.29, 0.717) is 18.0 Å². The lowest BCUT2D eigenvalue weighted by atomic mass is 10.0. The van der Waals surface area contributed by atoms with E-state index >= 15 is 0 Å². The lowest BCUT2D eigenvalue weighted by Crippen LogP contribution is -2.37. The van der Waals surface area contributed by atoms with Gasteiger partial charge in [0.15, 0.2) is 6.10 Å². The number of carbonyl (C=O) groups is 1. The molecule has 152 valence electrons. The second-order valence-corrected chi connectivity index (χ2v) is 7.51. The van der Waals surface area contributed by atoms with Crippen LogP contribution in [-0.2, 0) is 11.4 Å². The maximum atomic E-state index is 14.3. The number of amides is 1. The molecule has 0 N–H and O–H groups in total. The molecule has 0 spiro atoms. The van der Waals surface area contributed by atoms with Crippen LogP contribution >= 0.6 is 11.6 Å². The van der Waals surface area contributed by atoms with Crippen molar-refractivity contribution in [3.8, 4) is 0 Å². The number of oxime groups is 1. The largest absolute Gasteiger partial charge is 0.390 e. The first-order valence-electron chi connectivity index (χ1n) is 9.67. The fraction of sp³-hybridized carbons (Fsp3) is 0.167. The fourth-order valence-electron chi connectivity index (χ4n) is 3.45. The number of benzene rings is 3. The Balaban J connectivity index is 1.53. The van der Waals surface area contributed by atoms with Crippen LogP contribution in [0.4, 0.5) is 4.39 Å². The highest BCUT2D eigenvalue weighted by Gasteiger charge is 2.29. The van der Waals surface area contributed by atoms with E-state index < -0.39 is 5.82 Å². The highest BCUT2D eigenvalue weighted by molar-refractivity contribution is 6.34. The zero-order chi connectivity index (χ0) is 20.9. The van der Waals surface area contributed by atoms with Crippen molar-refractivity contribution < 1.29 is 14.0 Å². The summed E-state index contributed by atoms with van der Waals surface area (Å²) in [5.74, 6) is -0.923. The van der Waals surface area contributed by atoms with Crippen LogP contribution in [0.25, 0.3) is 0 Å². The highest BCUT2D eigenvalue weighted by Crippen LogP contribution is 2.24. The van der Waals surface area contributed by atoms with Gasteiger partial charge in [0, 0.05) is 23.6 Å². The summed E-state index contributed by atoms with van der Waals surface area (Å²) in [7, 11) is 0. The van der Waals surface area contributed by atoms with Crippen molar-refractivity contribution in [2.45, 2.75) is 19.1 Å². The lowest BCUT2D eigenvalue weighted by Gasteiger charge is -2.25. The van der Waals surface area contributed by atoms with Crippen molar-refractivity contribution >= 4 is 23.2 Å². The Kier molecular flexibility index (Phi) is 6.10. The minimum atomic E-state index is -0.541. The number of hydrogen-bond donors (Lipinski definition) is 0. The monoisotopic (exact) mass is 422 g/mol. The third-order valence-electron chi connectivity index (χ3n) is 4.95. The zero-order valence-electron chi connectivity index (χ0n) is 16.2. The van der Waals surface area contributed by atoms with Gasteiger partial charge in [0.25, 0.3) is 5.91 Å². The standard InChI is InChI=1S/C24H20ClFN2O2/c25-21-12-6-4-10-19(21)23-14-18(30-27-23)16-28(15-17-8-2-1-3-9-17)24(29)20-11-5-7-13-22(20)26/h1-13,18H,14-16H2/t18-/m0/s1. The summed E-state index contributed by atoms with van der Waals surface area (Å²) >= 11 is 6.27. The Morgan fingerprint density at radius 2 is 1.73 bits per heavy atom. The predicted molar refractivity (Wildman–Crippen MR) is 115 cm³/mol. The Morgan fingerprint density at radius 1 is 1.03 bits per heavy atom. The molecule has 0 bridgehead atoms. The Hall–Kier alpha value is -3.18. The molecule has 4 nitrogen and oxygen atoms in total. The second-order valence-electron chi connectivity index (χ2n) is 7.10. The number of carbonyl (C=O) groups excluding carboxylic acids is 1. The van der Waals surface area contributed by atoms with Gasteiger partial charge < -0.3 is 9.74 Å². The van der Waals surface area contributed by atoms with E-state index in [9.17, 15) is 9.18 Å². The molecule has 6 heteroatoms. The van der Waals surface area contributed by atoms with Gasteiger partial charge in [0.2, 0.25) is 0 Å². The lowest BCUT2D eigenvalue weighted by molar-refractivity contribution is 0.0402. The first-order chi connectivity index (χ1) is 14.6. The molecule has 1 amide bonds. The van der Waals surface area contributed by atoms with Crippen molar-refractivity contribution in [3.05, 3.63) is 106 Å². The molecule has 0 aliphatic carbocycles. The van der Waals surface area contributed by atoms with E-state index in [1.807, 2.05) is 48.5 Å². The van der Waals surface area contributed by atoms with E-state index in [1.165, 1.54) is 12.1 Å². The van der Waals surface area contributed by atoms with Gasteiger partial charge in [0.05, 0.1) is 17.8 Å². The minimum absolute atomic E-state index is 0.0404. The number of rotatable bonds is 6. The number of hydrogen-bond acceptors (Lipinski definition) is 3. The minimum Gasteiger partial charge on any atom is -0.390 e. The maximum absolute atomic E-state index is 14.3. The molecule has 1 heterocycles. The molecule has 0 aromatic heterocycles. The topological polar surface area (TPSA) is 41.9 Å². The summed E-state index contributed by atoms with van der Waals surface area (Å²) in [6.45, 7) is 0.620. The van der Waals surface area contributed by atoms with Crippen LogP contribution in [-0.4, -0.2) is 29.2 Å². The van der Waals surface area contributed by atoms with Gasteiger partial charge in [-0.1, -0.05) is 77.4 Å². The molecule has 3 aromatic carbocycles. The van der Waals surface area contributed by atoms with Crippen molar-refractivity contribution in [1.29, 1.82) is 0 Å². The molecule has 0 fully saturated rings. The molecular weight excluding hydrogens is 403 g/mol.